The predicted octanol–water partition coefficient (Wildman–Crippen LogP) is 2.63. The molecule has 0 aliphatic rings. The second-order valence-corrected chi connectivity index (χ2v) is 5.14. The van der Waals surface area contributed by atoms with Gasteiger partial charge in [-0.3, -0.25) is 4.68 Å². The summed E-state index contributed by atoms with van der Waals surface area (Å²) in [6, 6.07) is 6.33. The first kappa shape index (κ1) is 14.0. The standard InChI is InChI=1S/C14H17ClFN3/c1-9-14(15)13(19(2)18-9)8-12(17)7-10-3-5-11(16)6-4-10/h3-6,12H,7-8,17H2,1-2H3. The van der Waals surface area contributed by atoms with Gasteiger partial charge in [-0.2, -0.15) is 5.10 Å². The van der Waals surface area contributed by atoms with Crippen molar-refractivity contribution in [1.29, 1.82) is 0 Å². The van der Waals surface area contributed by atoms with Crippen molar-refractivity contribution in [3.05, 3.63) is 52.1 Å². The van der Waals surface area contributed by atoms with Gasteiger partial charge in [0.1, 0.15) is 5.82 Å². The minimum atomic E-state index is -0.234. The van der Waals surface area contributed by atoms with Gasteiger partial charge >= 0.3 is 0 Å². The van der Waals surface area contributed by atoms with E-state index in [0.717, 1.165) is 17.0 Å². The van der Waals surface area contributed by atoms with Crippen LogP contribution in [0.3, 0.4) is 0 Å². The zero-order chi connectivity index (χ0) is 14.0. The van der Waals surface area contributed by atoms with Gasteiger partial charge in [0, 0.05) is 19.5 Å². The summed E-state index contributed by atoms with van der Waals surface area (Å²) < 4.78 is 14.6. The molecule has 2 aromatic rings. The maximum Gasteiger partial charge on any atom is 0.123 e. The van der Waals surface area contributed by atoms with Crippen LogP contribution >= 0.6 is 11.6 Å². The first-order valence-electron chi connectivity index (χ1n) is 6.15. The zero-order valence-electron chi connectivity index (χ0n) is 11.0. The summed E-state index contributed by atoms with van der Waals surface area (Å²) in [5.41, 5.74) is 8.90. The Kier molecular flexibility index (Phi) is 4.22. The van der Waals surface area contributed by atoms with Gasteiger partial charge < -0.3 is 5.73 Å². The van der Waals surface area contributed by atoms with Crippen molar-refractivity contribution >= 4 is 11.6 Å². The van der Waals surface area contributed by atoms with E-state index in [2.05, 4.69) is 5.10 Å². The lowest BCUT2D eigenvalue weighted by Crippen LogP contribution is -2.26. The molecule has 0 bridgehead atoms. The molecule has 0 radical (unpaired) electrons. The van der Waals surface area contributed by atoms with E-state index in [9.17, 15) is 4.39 Å². The number of rotatable bonds is 4. The van der Waals surface area contributed by atoms with E-state index in [1.165, 1.54) is 12.1 Å². The SMILES string of the molecule is Cc1nn(C)c(CC(N)Cc2ccc(F)cc2)c1Cl. The van der Waals surface area contributed by atoms with Gasteiger partial charge in [0.15, 0.2) is 0 Å². The van der Waals surface area contributed by atoms with Crippen LogP contribution in [0.1, 0.15) is 17.0 Å². The minimum absolute atomic E-state index is 0.0715. The quantitative estimate of drug-likeness (QED) is 0.936. The zero-order valence-corrected chi connectivity index (χ0v) is 11.8. The highest BCUT2D eigenvalue weighted by Gasteiger charge is 2.14. The Balaban J connectivity index is 2.05. The summed E-state index contributed by atoms with van der Waals surface area (Å²) in [7, 11) is 1.86. The molecule has 0 aliphatic heterocycles. The predicted molar refractivity (Wildman–Crippen MR) is 74.7 cm³/mol. The van der Waals surface area contributed by atoms with Crippen LogP contribution in [0.25, 0.3) is 0 Å². The summed E-state index contributed by atoms with van der Waals surface area (Å²) in [6.45, 7) is 1.87. The van der Waals surface area contributed by atoms with E-state index in [1.54, 1.807) is 16.8 Å². The third kappa shape index (κ3) is 3.33. The Labute approximate surface area is 117 Å². The molecule has 1 aromatic heterocycles. The first-order valence-corrected chi connectivity index (χ1v) is 6.53. The number of hydrogen-bond acceptors (Lipinski definition) is 2. The van der Waals surface area contributed by atoms with Crippen molar-refractivity contribution in [3.8, 4) is 0 Å². The Morgan fingerprint density at radius 1 is 1.32 bits per heavy atom. The monoisotopic (exact) mass is 281 g/mol. The molecule has 0 saturated heterocycles. The largest absolute Gasteiger partial charge is 0.327 e. The summed E-state index contributed by atoms with van der Waals surface area (Å²) in [5.74, 6) is -0.234. The highest BCUT2D eigenvalue weighted by atomic mass is 35.5. The fraction of sp³-hybridized carbons (Fsp3) is 0.357. The van der Waals surface area contributed by atoms with E-state index in [4.69, 9.17) is 17.3 Å². The molecule has 1 aromatic carbocycles. The number of benzene rings is 1. The van der Waals surface area contributed by atoms with Gasteiger partial charge in [-0.25, -0.2) is 4.39 Å². The van der Waals surface area contributed by atoms with Gasteiger partial charge in [0.2, 0.25) is 0 Å². The maximum atomic E-state index is 12.8. The normalized spacial score (nSPS) is 12.7. The number of nitrogens with two attached hydrogens (primary N) is 1. The molecule has 19 heavy (non-hydrogen) atoms. The van der Waals surface area contributed by atoms with Crippen molar-refractivity contribution in [2.24, 2.45) is 12.8 Å². The van der Waals surface area contributed by atoms with Gasteiger partial charge in [0.25, 0.3) is 0 Å². The average molecular weight is 282 g/mol. The van der Waals surface area contributed by atoms with E-state index in [-0.39, 0.29) is 11.9 Å². The second kappa shape index (κ2) is 5.72. The molecule has 1 unspecified atom stereocenters. The fourth-order valence-corrected chi connectivity index (χ4v) is 2.38. The molecule has 0 fully saturated rings. The molecule has 0 saturated carbocycles. The summed E-state index contributed by atoms with van der Waals surface area (Å²) in [5, 5.41) is 4.94. The van der Waals surface area contributed by atoms with Crippen molar-refractivity contribution in [1.82, 2.24) is 9.78 Å². The van der Waals surface area contributed by atoms with Gasteiger partial charge in [-0.15, -0.1) is 0 Å². The smallest absolute Gasteiger partial charge is 0.123 e. The Hall–Kier alpha value is -1.39. The molecular weight excluding hydrogens is 265 g/mol. The topological polar surface area (TPSA) is 43.8 Å². The Morgan fingerprint density at radius 2 is 1.95 bits per heavy atom. The number of aryl methyl sites for hydroxylation is 2. The molecular formula is C14H17ClFN3. The van der Waals surface area contributed by atoms with Gasteiger partial charge in [-0.1, -0.05) is 23.7 Å². The average Bonchev–Trinajstić information content (AvgIpc) is 2.59. The van der Waals surface area contributed by atoms with Crippen LogP contribution in [0.2, 0.25) is 5.02 Å². The van der Waals surface area contributed by atoms with E-state index in [0.29, 0.717) is 17.9 Å². The lowest BCUT2D eigenvalue weighted by molar-refractivity contribution is 0.608. The van der Waals surface area contributed by atoms with Crippen LogP contribution in [0.4, 0.5) is 4.39 Å². The third-order valence-corrected chi connectivity index (χ3v) is 3.62. The molecule has 5 heteroatoms. The van der Waals surface area contributed by atoms with Crippen LogP contribution in [0.15, 0.2) is 24.3 Å². The van der Waals surface area contributed by atoms with Crippen LogP contribution < -0.4 is 5.73 Å². The van der Waals surface area contributed by atoms with Crippen LogP contribution in [0, 0.1) is 12.7 Å². The number of aromatic nitrogens is 2. The molecule has 1 heterocycles. The molecule has 0 amide bonds. The molecule has 0 aliphatic carbocycles. The first-order chi connectivity index (χ1) is 8.97. The lowest BCUT2D eigenvalue weighted by Gasteiger charge is -2.12. The summed E-state index contributed by atoms with van der Waals surface area (Å²) in [4.78, 5) is 0. The molecule has 0 spiro atoms. The summed E-state index contributed by atoms with van der Waals surface area (Å²) in [6.07, 6.45) is 1.33. The highest BCUT2D eigenvalue weighted by Crippen LogP contribution is 2.21. The molecule has 2 N–H and O–H groups in total. The number of hydrogen-bond donors (Lipinski definition) is 1. The Bertz CT molecular complexity index is 563. The van der Waals surface area contributed by atoms with Gasteiger partial charge in [0.05, 0.1) is 16.4 Å². The third-order valence-electron chi connectivity index (χ3n) is 3.13. The summed E-state index contributed by atoms with van der Waals surface area (Å²) >= 11 is 6.19. The van der Waals surface area contributed by atoms with Crippen molar-refractivity contribution in [2.45, 2.75) is 25.8 Å². The Morgan fingerprint density at radius 3 is 2.47 bits per heavy atom. The van der Waals surface area contributed by atoms with E-state index >= 15 is 0 Å². The molecule has 2 rings (SSSR count). The van der Waals surface area contributed by atoms with Crippen molar-refractivity contribution in [2.75, 3.05) is 0 Å². The van der Waals surface area contributed by atoms with E-state index in [1.807, 2.05) is 14.0 Å². The minimum Gasteiger partial charge on any atom is -0.327 e. The molecule has 3 nitrogen and oxygen atoms in total. The van der Waals surface area contributed by atoms with Crippen LogP contribution in [-0.4, -0.2) is 15.8 Å². The van der Waals surface area contributed by atoms with Crippen molar-refractivity contribution in [3.63, 3.8) is 0 Å². The van der Waals surface area contributed by atoms with Crippen LogP contribution in [-0.2, 0) is 19.9 Å². The fourth-order valence-electron chi connectivity index (χ4n) is 2.15. The maximum absolute atomic E-state index is 12.8. The number of nitrogens with zero attached hydrogens (tertiary/aromatic N) is 2. The van der Waals surface area contributed by atoms with Gasteiger partial charge in [-0.05, 0) is 31.0 Å². The van der Waals surface area contributed by atoms with Crippen LogP contribution in [0.5, 0.6) is 0 Å². The lowest BCUT2D eigenvalue weighted by atomic mass is 10.0. The molecule has 102 valence electrons. The number of halogens is 2. The van der Waals surface area contributed by atoms with E-state index < -0.39 is 0 Å². The molecule has 1 atom stereocenters. The van der Waals surface area contributed by atoms with Crippen molar-refractivity contribution < 1.29 is 4.39 Å². The highest BCUT2D eigenvalue weighted by molar-refractivity contribution is 6.31. The second-order valence-electron chi connectivity index (χ2n) is 4.76.